The van der Waals surface area contributed by atoms with Gasteiger partial charge >= 0.3 is 0 Å². The molecule has 2 aliphatic rings. The highest BCUT2D eigenvalue weighted by atomic mass is 28.3. The number of hydrogen-bond acceptors (Lipinski definition) is 2. The minimum absolute atomic E-state index is 1.11. The van der Waals surface area contributed by atoms with E-state index in [9.17, 15) is 0 Å². The average molecular weight is 489 g/mol. The first-order chi connectivity index (χ1) is 16.1. The molecule has 0 amide bonds. The van der Waals surface area contributed by atoms with E-state index in [0.717, 1.165) is 26.2 Å². The standard InChI is InChI=1S/C30H44N2Si2/c1-33(2,3)23-27-21-31(29-13-9-7-10-14-29)19-25(27)17-18-26-20-32(30-15-11-8-12-16-30)22-28(26)24-34(4,5)6/h7-16H,17-24H2,1-6H3. The molecule has 2 heterocycles. The molecule has 182 valence electrons. The molecule has 0 spiro atoms. The largest absolute Gasteiger partial charge is 0.364 e. The molecule has 4 rings (SSSR count). The lowest BCUT2D eigenvalue weighted by molar-refractivity contribution is 0.861. The Bertz CT molecular complexity index is 941. The fourth-order valence-electron chi connectivity index (χ4n) is 5.58. The average Bonchev–Trinajstić information content (AvgIpc) is 3.35. The normalized spacial score (nSPS) is 17.4. The van der Waals surface area contributed by atoms with Crippen LogP contribution in [0.25, 0.3) is 0 Å². The molecule has 0 atom stereocenters. The quantitative estimate of drug-likeness (QED) is 0.260. The van der Waals surface area contributed by atoms with Crippen LogP contribution in [0, 0.1) is 0 Å². The minimum Gasteiger partial charge on any atom is -0.364 e. The lowest BCUT2D eigenvalue weighted by Gasteiger charge is -2.21. The predicted molar refractivity (Wildman–Crippen MR) is 157 cm³/mol. The Kier molecular flexibility index (Phi) is 7.58. The van der Waals surface area contributed by atoms with Crippen LogP contribution in [0.4, 0.5) is 11.4 Å². The molecule has 2 aromatic rings. The van der Waals surface area contributed by atoms with Gasteiger partial charge in [0.15, 0.2) is 0 Å². The van der Waals surface area contributed by atoms with Crippen molar-refractivity contribution in [1.82, 2.24) is 0 Å². The molecular formula is C30H44N2Si2. The molecule has 0 N–H and O–H groups in total. The molecule has 2 nitrogen and oxygen atoms in total. The van der Waals surface area contributed by atoms with E-state index in [1.165, 1.54) is 36.3 Å². The van der Waals surface area contributed by atoms with E-state index in [-0.39, 0.29) is 0 Å². The first-order valence-corrected chi connectivity index (χ1v) is 20.5. The van der Waals surface area contributed by atoms with Crippen LogP contribution in [0.5, 0.6) is 0 Å². The monoisotopic (exact) mass is 488 g/mol. The van der Waals surface area contributed by atoms with Crippen LogP contribution in [0.2, 0.25) is 51.4 Å². The van der Waals surface area contributed by atoms with Crippen LogP contribution >= 0.6 is 0 Å². The van der Waals surface area contributed by atoms with Gasteiger partial charge in [-0.15, -0.1) is 0 Å². The molecule has 0 unspecified atom stereocenters. The second kappa shape index (κ2) is 10.3. The van der Waals surface area contributed by atoms with Crippen molar-refractivity contribution in [3.05, 3.63) is 83.0 Å². The summed E-state index contributed by atoms with van der Waals surface area (Å²) in [4.78, 5) is 5.21. The maximum Gasteiger partial charge on any atom is 0.0484 e. The highest BCUT2D eigenvalue weighted by molar-refractivity contribution is 6.77. The molecule has 0 aliphatic carbocycles. The van der Waals surface area contributed by atoms with Gasteiger partial charge in [0, 0.05) is 53.7 Å². The van der Waals surface area contributed by atoms with Gasteiger partial charge in [-0.3, -0.25) is 0 Å². The lowest BCUT2D eigenvalue weighted by Crippen LogP contribution is -2.24. The van der Waals surface area contributed by atoms with Crippen molar-refractivity contribution in [3.63, 3.8) is 0 Å². The summed E-state index contributed by atoms with van der Waals surface area (Å²) in [5, 5.41) is 0. The maximum atomic E-state index is 2.60. The van der Waals surface area contributed by atoms with E-state index < -0.39 is 16.1 Å². The summed E-state index contributed by atoms with van der Waals surface area (Å²) in [5.74, 6) is 0. The van der Waals surface area contributed by atoms with Gasteiger partial charge in [0.2, 0.25) is 0 Å². The SMILES string of the molecule is C[Si](C)(C)CC1=C(CCC2=C(C[Si](C)(C)C)CN(c3ccccc3)C2)CN(c2ccccc2)C1. The maximum absolute atomic E-state index is 2.60. The van der Waals surface area contributed by atoms with Gasteiger partial charge in [-0.25, -0.2) is 0 Å². The van der Waals surface area contributed by atoms with Gasteiger partial charge in [-0.05, 0) is 60.3 Å². The van der Waals surface area contributed by atoms with E-state index in [4.69, 9.17) is 0 Å². The van der Waals surface area contributed by atoms with Gasteiger partial charge in [0.05, 0.1) is 0 Å². The van der Waals surface area contributed by atoms with E-state index in [1.807, 2.05) is 0 Å². The molecule has 2 aliphatic heterocycles. The number of benzene rings is 2. The Hall–Kier alpha value is -2.05. The van der Waals surface area contributed by atoms with Crippen LogP contribution in [-0.2, 0) is 0 Å². The molecule has 0 aromatic heterocycles. The third-order valence-corrected chi connectivity index (χ3v) is 9.96. The summed E-state index contributed by atoms with van der Waals surface area (Å²) in [7, 11) is -2.31. The van der Waals surface area contributed by atoms with Crippen molar-refractivity contribution in [2.45, 2.75) is 64.2 Å². The van der Waals surface area contributed by atoms with Gasteiger partial charge in [-0.1, -0.05) is 86.8 Å². The second-order valence-electron chi connectivity index (χ2n) is 12.8. The van der Waals surface area contributed by atoms with Crippen molar-refractivity contribution >= 4 is 27.5 Å². The Morgan fingerprint density at radius 3 is 1.15 bits per heavy atom. The minimum atomic E-state index is -1.15. The summed E-state index contributed by atoms with van der Waals surface area (Å²) in [6.45, 7) is 19.6. The topological polar surface area (TPSA) is 6.48 Å². The smallest absolute Gasteiger partial charge is 0.0484 e. The Balaban J connectivity index is 1.52. The van der Waals surface area contributed by atoms with E-state index in [0.29, 0.717) is 0 Å². The van der Waals surface area contributed by atoms with Gasteiger partial charge in [0.25, 0.3) is 0 Å². The molecule has 4 heteroatoms. The number of rotatable bonds is 9. The molecule has 0 saturated heterocycles. The van der Waals surface area contributed by atoms with Crippen molar-refractivity contribution < 1.29 is 0 Å². The first-order valence-electron chi connectivity index (χ1n) is 13.1. The van der Waals surface area contributed by atoms with E-state index in [2.05, 4.69) is 110 Å². The Labute approximate surface area is 210 Å². The molecular weight excluding hydrogens is 445 g/mol. The summed E-state index contributed by atoms with van der Waals surface area (Å²) < 4.78 is 0. The zero-order valence-corrected chi connectivity index (χ0v) is 24.3. The summed E-state index contributed by atoms with van der Waals surface area (Å²) in [5.41, 5.74) is 9.69. The van der Waals surface area contributed by atoms with Crippen LogP contribution < -0.4 is 9.80 Å². The van der Waals surface area contributed by atoms with Gasteiger partial charge in [0.1, 0.15) is 0 Å². The molecule has 2 aromatic carbocycles. The van der Waals surface area contributed by atoms with Crippen LogP contribution in [0.3, 0.4) is 0 Å². The summed E-state index contributed by atoms with van der Waals surface area (Å²) in [6.07, 6.45) is 2.46. The summed E-state index contributed by atoms with van der Waals surface area (Å²) >= 11 is 0. The highest BCUT2D eigenvalue weighted by Crippen LogP contribution is 2.36. The molecule has 0 bridgehead atoms. The number of anilines is 2. The Morgan fingerprint density at radius 1 is 0.500 bits per heavy atom. The fraction of sp³-hybridized carbons (Fsp3) is 0.467. The van der Waals surface area contributed by atoms with Crippen LogP contribution in [-0.4, -0.2) is 42.3 Å². The van der Waals surface area contributed by atoms with E-state index in [1.54, 1.807) is 22.3 Å². The van der Waals surface area contributed by atoms with Crippen molar-refractivity contribution in [1.29, 1.82) is 0 Å². The summed E-state index contributed by atoms with van der Waals surface area (Å²) in [6, 6.07) is 24.7. The molecule has 0 fully saturated rings. The molecule has 0 saturated carbocycles. The highest BCUT2D eigenvalue weighted by Gasteiger charge is 2.29. The zero-order valence-electron chi connectivity index (χ0n) is 22.3. The molecule has 0 radical (unpaired) electrons. The zero-order chi connectivity index (χ0) is 24.3. The second-order valence-corrected chi connectivity index (χ2v) is 23.7. The fourth-order valence-corrected chi connectivity index (χ4v) is 8.86. The van der Waals surface area contributed by atoms with Crippen molar-refractivity contribution in [3.8, 4) is 0 Å². The number of hydrogen-bond donors (Lipinski definition) is 0. The number of nitrogens with zero attached hydrogens (tertiary/aromatic N) is 2. The molecule has 34 heavy (non-hydrogen) atoms. The van der Waals surface area contributed by atoms with Gasteiger partial charge in [-0.2, -0.15) is 0 Å². The number of para-hydroxylation sites is 2. The van der Waals surface area contributed by atoms with Crippen molar-refractivity contribution in [2.75, 3.05) is 36.0 Å². The van der Waals surface area contributed by atoms with Crippen LogP contribution in [0.15, 0.2) is 83.0 Å². The Morgan fingerprint density at radius 2 is 0.824 bits per heavy atom. The van der Waals surface area contributed by atoms with Gasteiger partial charge < -0.3 is 9.80 Å². The third-order valence-electron chi connectivity index (χ3n) is 6.99. The third kappa shape index (κ3) is 6.76. The van der Waals surface area contributed by atoms with E-state index >= 15 is 0 Å². The van der Waals surface area contributed by atoms with Crippen LogP contribution in [0.1, 0.15) is 12.8 Å². The lowest BCUT2D eigenvalue weighted by atomic mass is 10.0. The first kappa shape index (κ1) is 25.1. The van der Waals surface area contributed by atoms with Crippen molar-refractivity contribution in [2.24, 2.45) is 0 Å². The predicted octanol–water partition coefficient (Wildman–Crippen LogP) is 8.08.